The molecule has 1 heterocycles. The van der Waals surface area contributed by atoms with Gasteiger partial charge in [0.25, 0.3) is 5.56 Å². The largest absolute Gasteiger partial charge is 0.488 e. The minimum atomic E-state index is -1.04. The topological polar surface area (TPSA) is 68.5 Å². The molecule has 0 radical (unpaired) electrons. The van der Waals surface area contributed by atoms with Crippen LogP contribution in [-0.2, 0) is 4.79 Å². The molecule has 20 heavy (non-hydrogen) atoms. The van der Waals surface area contributed by atoms with E-state index in [4.69, 9.17) is 9.84 Å². The number of carboxylic acids is 1. The van der Waals surface area contributed by atoms with E-state index in [1.165, 1.54) is 37.0 Å². The minimum Gasteiger partial charge on any atom is -0.488 e. The summed E-state index contributed by atoms with van der Waals surface area (Å²) < 4.78 is 6.64. The predicted molar refractivity (Wildman–Crippen MR) is 77.3 cm³/mol. The van der Waals surface area contributed by atoms with Crippen LogP contribution in [0.25, 0.3) is 0 Å². The molecule has 0 aliphatic carbocycles. The van der Waals surface area contributed by atoms with Gasteiger partial charge in [0.1, 0.15) is 6.04 Å². The summed E-state index contributed by atoms with van der Waals surface area (Å²) in [6.07, 6.45) is 7.04. The fraction of sp³-hybridized carbons (Fsp3) is 0.600. The number of hydrogen-bond acceptors (Lipinski definition) is 3. The van der Waals surface area contributed by atoms with Gasteiger partial charge < -0.3 is 9.84 Å². The first-order valence-electron chi connectivity index (χ1n) is 7.14. The summed E-state index contributed by atoms with van der Waals surface area (Å²) in [7, 11) is 0. The normalized spacial score (nSPS) is 12.1. The van der Waals surface area contributed by atoms with Crippen molar-refractivity contribution in [3.05, 3.63) is 28.7 Å². The van der Waals surface area contributed by atoms with Crippen molar-refractivity contribution >= 4 is 5.97 Å². The molecule has 0 spiro atoms. The highest BCUT2D eigenvalue weighted by Gasteiger charge is 2.16. The Balaban J connectivity index is 2.57. The predicted octanol–water partition coefficient (Wildman–Crippen LogP) is 2.84. The monoisotopic (exact) mass is 281 g/mol. The first-order chi connectivity index (χ1) is 9.57. The summed E-state index contributed by atoms with van der Waals surface area (Å²) in [4.78, 5) is 23.0. The van der Waals surface area contributed by atoms with E-state index in [9.17, 15) is 9.59 Å². The molecule has 0 fully saturated rings. The third-order valence-corrected chi connectivity index (χ3v) is 3.22. The Morgan fingerprint density at radius 2 is 2.05 bits per heavy atom. The average molecular weight is 281 g/mol. The smallest absolute Gasteiger partial charge is 0.326 e. The Bertz CT molecular complexity index is 481. The van der Waals surface area contributed by atoms with E-state index in [-0.39, 0.29) is 5.75 Å². The Labute approximate surface area is 119 Å². The van der Waals surface area contributed by atoms with E-state index < -0.39 is 17.6 Å². The maximum absolute atomic E-state index is 12.1. The molecule has 1 rings (SSSR count). The summed E-state index contributed by atoms with van der Waals surface area (Å²) in [5, 5.41) is 8.95. The zero-order valence-electron chi connectivity index (χ0n) is 12.2. The van der Waals surface area contributed by atoms with Crippen molar-refractivity contribution in [3.8, 4) is 5.75 Å². The maximum Gasteiger partial charge on any atom is 0.326 e. The SMILES string of the molecule is CCCCCCCOc1cccn(C(C)C(=O)O)c1=O. The van der Waals surface area contributed by atoms with Gasteiger partial charge in [-0.2, -0.15) is 0 Å². The van der Waals surface area contributed by atoms with Crippen LogP contribution in [0.1, 0.15) is 52.0 Å². The number of unbranched alkanes of at least 4 members (excludes halogenated alkanes) is 4. The van der Waals surface area contributed by atoms with Crippen LogP contribution in [0.3, 0.4) is 0 Å². The summed E-state index contributed by atoms with van der Waals surface area (Å²) in [5.74, 6) is -0.820. The van der Waals surface area contributed by atoms with E-state index in [0.29, 0.717) is 6.61 Å². The van der Waals surface area contributed by atoms with Crippen molar-refractivity contribution in [2.45, 2.75) is 52.0 Å². The van der Waals surface area contributed by atoms with Gasteiger partial charge in [0.05, 0.1) is 6.61 Å². The highest BCUT2D eigenvalue weighted by molar-refractivity contribution is 5.71. The molecule has 1 N–H and O–H groups in total. The lowest BCUT2D eigenvalue weighted by Crippen LogP contribution is -2.28. The molecule has 0 aliphatic heterocycles. The van der Waals surface area contributed by atoms with Crippen LogP contribution in [0, 0.1) is 0 Å². The summed E-state index contributed by atoms with van der Waals surface area (Å²) in [6, 6.07) is 2.32. The number of carbonyl (C=O) groups is 1. The molecule has 0 amide bonds. The zero-order chi connectivity index (χ0) is 15.0. The molecule has 0 bridgehead atoms. The Morgan fingerprint density at radius 1 is 1.35 bits per heavy atom. The van der Waals surface area contributed by atoms with Gasteiger partial charge in [0, 0.05) is 6.20 Å². The highest BCUT2D eigenvalue weighted by Crippen LogP contribution is 2.09. The van der Waals surface area contributed by atoms with Crippen LogP contribution in [0.15, 0.2) is 23.1 Å². The van der Waals surface area contributed by atoms with E-state index in [0.717, 1.165) is 12.8 Å². The average Bonchev–Trinajstić information content (AvgIpc) is 2.43. The quantitative estimate of drug-likeness (QED) is 0.707. The number of ether oxygens (including phenoxy) is 1. The van der Waals surface area contributed by atoms with Crippen molar-refractivity contribution in [1.29, 1.82) is 0 Å². The number of hydrogen-bond donors (Lipinski definition) is 1. The van der Waals surface area contributed by atoms with Gasteiger partial charge in [0.15, 0.2) is 5.75 Å². The second-order valence-corrected chi connectivity index (χ2v) is 4.86. The molecular weight excluding hydrogens is 258 g/mol. The fourth-order valence-electron chi connectivity index (χ4n) is 1.91. The third kappa shape index (κ3) is 4.72. The van der Waals surface area contributed by atoms with Gasteiger partial charge in [-0.25, -0.2) is 4.79 Å². The van der Waals surface area contributed by atoms with Crippen molar-refractivity contribution in [3.63, 3.8) is 0 Å². The van der Waals surface area contributed by atoms with E-state index in [1.54, 1.807) is 12.1 Å². The van der Waals surface area contributed by atoms with Gasteiger partial charge in [-0.3, -0.25) is 9.36 Å². The number of rotatable bonds is 9. The molecule has 1 aromatic rings. The second-order valence-electron chi connectivity index (χ2n) is 4.86. The van der Waals surface area contributed by atoms with Gasteiger partial charge >= 0.3 is 5.97 Å². The number of aliphatic carboxylic acids is 1. The van der Waals surface area contributed by atoms with E-state index in [1.807, 2.05) is 0 Å². The third-order valence-electron chi connectivity index (χ3n) is 3.22. The number of aromatic nitrogens is 1. The number of nitrogens with zero attached hydrogens (tertiary/aromatic N) is 1. The van der Waals surface area contributed by atoms with Gasteiger partial charge in [0.2, 0.25) is 0 Å². The standard InChI is InChI=1S/C15H23NO4/c1-3-4-5-6-7-11-20-13-9-8-10-16(14(13)17)12(2)15(18)19/h8-10,12H,3-7,11H2,1-2H3,(H,18,19). The number of pyridine rings is 1. The molecule has 112 valence electrons. The Kier molecular flexibility index (Phi) is 6.84. The zero-order valence-corrected chi connectivity index (χ0v) is 12.2. The van der Waals surface area contributed by atoms with Crippen molar-refractivity contribution in [2.24, 2.45) is 0 Å². The summed E-state index contributed by atoms with van der Waals surface area (Å²) >= 11 is 0. The lowest BCUT2D eigenvalue weighted by Gasteiger charge is -2.12. The first-order valence-corrected chi connectivity index (χ1v) is 7.14. The maximum atomic E-state index is 12.1. The molecule has 0 aromatic carbocycles. The second kappa shape index (κ2) is 8.40. The summed E-state index contributed by atoms with van der Waals surface area (Å²) in [6.45, 7) is 4.12. The lowest BCUT2D eigenvalue weighted by molar-refractivity contribution is -0.140. The van der Waals surface area contributed by atoms with Crippen molar-refractivity contribution in [1.82, 2.24) is 4.57 Å². The van der Waals surface area contributed by atoms with Gasteiger partial charge in [-0.15, -0.1) is 0 Å². The molecule has 0 saturated heterocycles. The van der Waals surface area contributed by atoms with Crippen LogP contribution < -0.4 is 10.3 Å². The van der Waals surface area contributed by atoms with Crippen LogP contribution >= 0.6 is 0 Å². The van der Waals surface area contributed by atoms with Crippen LogP contribution in [-0.4, -0.2) is 22.2 Å². The highest BCUT2D eigenvalue weighted by atomic mass is 16.5. The lowest BCUT2D eigenvalue weighted by atomic mass is 10.2. The molecule has 5 nitrogen and oxygen atoms in total. The van der Waals surface area contributed by atoms with Gasteiger partial charge in [-0.05, 0) is 25.5 Å². The fourth-order valence-corrected chi connectivity index (χ4v) is 1.91. The van der Waals surface area contributed by atoms with Crippen molar-refractivity contribution < 1.29 is 14.6 Å². The summed E-state index contributed by atoms with van der Waals surface area (Å²) in [5.41, 5.74) is -0.393. The molecule has 1 unspecified atom stereocenters. The molecule has 1 atom stereocenters. The Morgan fingerprint density at radius 3 is 2.70 bits per heavy atom. The molecular formula is C15H23NO4. The molecule has 0 aliphatic rings. The van der Waals surface area contributed by atoms with Crippen molar-refractivity contribution in [2.75, 3.05) is 6.61 Å². The van der Waals surface area contributed by atoms with E-state index in [2.05, 4.69) is 6.92 Å². The van der Waals surface area contributed by atoms with Crippen LogP contribution in [0.2, 0.25) is 0 Å². The molecule has 0 saturated carbocycles. The Hall–Kier alpha value is -1.78. The first kappa shape index (κ1) is 16.3. The van der Waals surface area contributed by atoms with Crippen LogP contribution in [0.5, 0.6) is 5.75 Å². The van der Waals surface area contributed by atoms with Crippen LogP contribution in [0.4, 0.5) is 0 Å². The molecule has 5 heteroatoms. The van der Waals surface area contributed by atoms with E-state index >= 15 is 0 Å². The molecule has 1 aromatic heterocycles. The minimum absolute atomic E-state index is 0.219. The van der Waals surface area contributed by atoms with Gasteiger partial charge in [-0.1, -0.05) is 32.6 Å². The number of carboxylic acid groups (broad SMARTS) is 1.